The largest absolute Gasteiger partial charge is 0.352 e. The van der Waals surface area contributed by atoms with Crippen LogP contribution in [-0.2, 0) is 9.59 Å². The van der Waals surface area contributed by atoms with E-state index in [1.54, 1.807) is 0 Å². The highest BCUT2D eigenvalue weighted by Gasteiger charge is 2.28. The maximum absolute atomic E-state index is 11.9. The summed E-state index contributed by atoms with van der Waals surface area (Å²) in [5.41, 5.74) is 5.43. The number of carbonyl (C=O) groups is 2. The molecule has 2 amide bonds. The molecule has 1 rings (SSSR count). The highest BCUT2D eigenvalue weighted by molar-refractivity contribution is 5.79. The summed E-state index contributed by atoms with van der Waals surface area (Å²) in [6.45, 7) is 5.31. The van der Waals surface area contributed by atoms with Crippen molar-refractivity contribution >= 4 is 11.8 Å². The molecule has 1 saturated heterocycles. The van der Waals surface area contributed by atoms with Crippen molar-refractivity contribution < 1.29 is 9.59 Å². The standard InChI is InChI=1S/C11H21N3O2/c1-8(3-5-12)11(16)14-6-4-10(7-14)13-9(2)15/h8,10H,3-7,12H2,1-2H3,(H,13,15). The number of hydrogen-bond acceptors (Lipinski definition) is 3. The number of nitrogens with zero attached hydrogens (tertiary/aromatic N) is 1. The van der Waals surface area contributed by atoms with Crippen LogP contribution in [-0.4, -0.2) is 42.4 Å². The van der Waals surface area contributed by atoms with E-state index in [4.69, 9.17) is 5.73 Å². The van der Waals surface area contributed by atoms with Gasteiger partial charge in [0.2, 0.25) is 11.8 Å². The highest BCUT2D eigenvalue weighted by Crippen LogP contribution is 2.14. The van der Waals surface area contributed by atoms with Crippen molar-refractivity contribution in [1.82, 2.24) is 10.2 Å². The molecule has 5 heteroatoms. The van der Waals surface area contributed by atoms with Crippen LogP contribution < -0.4 is 11.1 Å². The van der Waals surface area contributed by atoms with Crippen molar-refractivity contribution in [2.24, 2.45) is 11.7 Å². The average molecular weight is 227 g/mol. The third kappa shape index (κ3) is 3.48. The lowest BCUT2D eigenvalue weighted by Gasteiger charge is -2.20. The first-order chi connectivity index (χ1) is 7.54. The van der Waals surface area contributed by atoms with Crippen molar-refractivity contribution in [3.8, 4) is 0 Å². The van der Waals surface area contributed by atoms with Gasteiger partial charge >= 0.3 is 0 Å². The van der Waals surface area contributed by atoms with Crippen LogP contribution in [0.5, 0.6) is 0 Å². The summed E-state index contributed by atoms with van der Waals surface area (Å²) < 4.78 is 0. The topological polar surface area (TPSA) is 75.4 Å². The molecule has 5 nitrogen and oxygen atoms in total. The highest BCUT2D eigenvalue weighted by atomic mass is 16.2. The summed E-state index contributed by atoms with van der Waals surface area (Å²) in [5.74, 6) is 0.105. The zero-order valence-corrected chi connectivity index (χ0v) is 10.0. The van der Waals surface area contributed by atoms with Crippen LogP contribution in [0, 0.1) is 5.92 Å². The molecule has 0 spiro atoms. The van der Waals surface area contributed by atoms with Crippen molar-refractivity contribution in [3.05, 3.63) is 0 Å². The van der Waals surface area contributed by atoms with Gasteiger partial charge in [-0.05, 0) is 19.4 Å². The number of nitrogens with two attached hydrogens (primary N) is 1. The first-order valence-corrected chi connectivity index (χ1v) is 5.80. The number of carbonyl (C=O) groups excluding carboxylic acids is 2. The second kappa shape index (κ2) is 5.84. The van der Waals surface area contributed by atoms with Gasteiger partial charge in [-0.15, -0.1) is 0 Å². The Morgan fingerprint density at radius 2 is 2.25 bits per heavy atom. The van der Waals surface area contributed by atoms with Gasteiger partial charge in [0, 0.05) is 32.0 Å². The first-order valence-electron chi connectivity index (χ1n) is 5.80. The molecule has 0 aromatic rings. The lowest BCUT2D eigenvalue weighted by molar-refractivity contribution is -0.134. The Morgan fingerprint density at radius 3 is 2.81 bits per heavy atom. The van der Waals surface area contributed by atoms with Gasteiger partial charge in [0.25, 0.3) is 0 Å². The molecular weight excluding hydrogens is 206 g/mol. The second-order valence-corrected chi connectivity index (χ2v) is 4.45. The molecule has 1 fully saturated rings. The Kier molecular flexibility index (Phi) is 4.73. The van der Waals surface area contributed by atoms with Crippen LogP contribution in [0.3, 0.4) is 0 Å². The van der Waals surface area contributed by atoms with E-state index in [1.165, 1.54) is 6.92 Å². The van der Waals surface area contributed by atoms with Gasteiger partial charge in [-0.2, -0.15) is 0 Å². The molecule has 92 valence electrons. The summed E-state index contributed by atoms with van der Waals surface area (Å²) >= 11 is 0. The third-order valence-corrected chi connectivity index (χ3v) is 2.93. The molecule has 0 bridgehead atoms. The second-order valence-electron chi connectivity index (χ2n) is 4.45. The fourth-order valence-electron chi connectivity index (χ4n) is 2.05. The van der Waals surface area contributed by atoms with E-state index >= 15 is 0 Å². The predicted octanol–water partition coefficient (Wildman–Crippen LogP) is -0.292. The summed E-state index contributed by atoms with van der Waals surface area (Å²) in [6.07, 6.45) is 1.57. The summed E-state index contributed by atoms with van der Waals surface area (Å²) in [7, 11) is 0. The van der Waals surface area contributed by atoms with Gasteiger partial charge in [0.15, 0.2) is 0 Å². The number of nitrogens with one attached hydrogen (secondary N) is 1. The number of rotatable bonds is 4. The molecule has 1 aliphatic rings. The van der Waals surface area contributed by atoms with Gasteiger partial charge in [-0.3, -0.25) is 9.59 Å². The molecule has 1 heterocycles. The molecule has 2 unspecified atom stereocenters. The van der Waals surface area contributed by atoms with Gasteiger partial charge in [-0.25, -0.2) is 0 Å². The molecule has 1 aliphatic heterocycles. The van der Waals surface area contributed by atoms with Gasteiger partial charge in [0.05, 0.1) is 0 Å². The number of likely N-dealkylation sites (tertiary alicyclic amines) is 1. The van der Waals surface area contributed by atoms with E-state index < -0.39 is 0 Å². The van der Waals surface area contributed by atoms with Crippen molar-refractivity contribution in [1.29, 1.82) is 0 Å². The number of hydrogen-bond donors (Lipinski definition) is 2. The van der Waals surface area contributed by atoms with Gasteiger partial charge in [0.1, 0.15) is 0 Å². The first kappa shape index (κ1) is 13.0. The van der Waals surface area contributed by atoms with Crippen molar-refractivity contribution in [2.75, 3.05) is 19.6 Å². The fraction of sp³-hybridized carbons (Fsp3) is 0.818. The van der Waals surface area contributed by atoms with E-state index in [1.807, 2.05) is 11.8 Å². The minimum atomic E-state index is -0.0331. The summed E-state index contributed by atoms with van der Waals surface area (Å²) in [5, 5.41) is 2.84. The van der Waals surface area contributed by atoms with Crippen molar-refractivity contribution in [2.45, 2.75) is 32.7 Å². The molecule has 0 radical (unpaired) electrons. The SMILES string of the molecule is CC(=O)NC1CCN(C(=O)C(C)CCN)C1. The lowest BCUT2D eigenvalue weighted by Crippen LogP contribution is -2.39. The molecule has 0 aliphatic carbocycles. The van der Waals surface area contributed by atoms with E-state index in [0.717, 1.165) is 19.4 Å². The van der Waals surface area contributed by atoms with Crippen molar-refractivity contribution in [3.63, 3.8) is 0 Å². The molecule has 0 saturated carbocycles. The van der Waals surface area contributed by atoms with Crippen LogP contribution in [0.15, 0.2) is 0 Å². The summed E-state index contributed by atoms with van der Waals surface area (Å²) in [4.78, 5) is 24.6. The van der Waals surface area contributed by atoms with Gasteiger partial charge < -0.3 is 16.0 Å². The summed E-state index contributed by atoms with van der Waals surface area (Å²) in [6, 6.07) is 0.117. The molecule has 0 aromatic heterocycles. The minimum absolute atomic E-state index is 0.0129. The molecular formula is C11H21N3O2. The monoisotopic (exact) mass is 227 g/mol. The maximum Gasteiger partial charge on any atom is 0.225 e. The molecule has 16 heavy (non-hydrogen) atoms. The fourth-order valence-corrected chi connectivity index (χ4v) is 2.05. The van der Waals surface area contributed by atoms with E-state index in [-0.39, 0.29) is 23.8 Å². The van der Waals surface area contributed by atoms with Crippen LogP contribution in [0.25, 0.3) is 0 Å². The zero-order valence-electron chi connectivity index (χ0n) is 10.0. The quantitative estimate of drug-likeness (QED) is 0.693. The lowest BCUT2D eigenvalue weighted by atomic mass is 10.1. The molecule has 0 aromatic carbocycles. The van der Waals surface area contributed by atoms with Crippen LogP contribution in [0.4, 0.5) is 0 Å². The smallest absolute Gasteiger partial charge is 0.225 e. The Balaban J connectivity index is 2.40. The van der Waals surface area contributed by atoms with E-state index in [9.17, 15) is 9.59 Å². The Morgan fingerprint density at radius 1 is 1.56 bits per heavy atom. The maximum atomic E-state index is 11.9. The Hall–Kier alpha value is -1.10. The van der Waals surface area contributed by atoms with Crippen LogP contribution in [0.1, 0.15) is 26.7 Å². The molecule has 3 N–H and O–H groups in total. The zero-order chi connectivity index (χ0) is 12.1. The Bertz CT molecular complexity index is 268. The predicted molar refractivity (Wildman–Crippen MR) is 61.6 cm³/mol. The molecule has 2 atom stereocenters. The van der Waals surface area contributed by atoms with Crippen LogP contribution in [0.2, 0.25) is 0 Å². The number of amides is 2. The normalized spacial score (nSPS) is 21.9. The third-order valence-electron chi connectivity index (χ3n) is 2.93. The van der Waals surface area contributed by atoms with E-state index in [0.29, 0.717) is 13.1 Å². The van der Waals surface area contributed by atoms with Crippen LogP contribution >= 0.6 is 0 Å². The van der Waals surface area contributed by atoms with E-state index in [2.05, 4.69) is 5.32 Å². The Labute approximate surface area is 96.4 Å². The van der Waals surface area contributed by atoms with Gasteiger partial charge in [-0.1, -0.05) is 6.92 Å². The average Bonchev–Trinajstić information content (AvgIpc) is 2.64. The minimum Gasteiger partial charge on any atom is -0.352 e.